The van der Waals surface area contributed by atoms with Crippen molar-refractivity contribution in [3.8, 4) is 0 Å². The zero-order valence-corrected chi connectivity index (χ0v) is 11.4. The highest BCUT2D eigenvalue weighted by Crippen LogP contribution is 2.22. The highest BCUT2D eigenvalue weighted by Gasteiger charge is 2.18. The molecule has 0 heterocycles. The molecule has 1 fully saturated rings. The minimum absolute atomic E-state index is 0.0111. The van der Waals surface area contributed by atoms with E-state index in [0.717, 1.165) is 36.9 Å². The van der Waals surface area contributed by atoms with Crippen LogP contribution in [0.1, 0.15) is 31.2 Å². The van der Waals surface area contributed by atoms with Crippen molar-refractivity contribution in [1.82, 2.24) is 5.32 Å². The van der Waals surface area contributed by atoms with E-state index in [9.17, 15) is 9.90 Å². The first-order chi connectivity index (χ1) is 9.13. The number of rotatable bonds is 4. The molecule has 0 radical (unpaired) electrons. The molecule has 0 unspecified atom stereocenters. The SMILES string of the molecule is BC(=O)NCc1ccc(N[C@H]2CC[C@H](O)CC2)cc1. The Labute approximate surface area is 115 Å². The predicted octanol–water partition coefficient (Wildman–Crippen LogP) is 1.24. The van der Waals surface area contributed by atoms with E-state index in [0.29, 0.717) is 12.6 Å². The van der Waals surface area contributed by atoms with Crippen molar-refractivity contribution in [3.63, 3.8) is 0 Å². The van der Waals surface area contributed by atoms with Crippen molar-refractivity contribution >= 4 is 19.3 Å². The lowest BCUT2D eigenvalue weighted by Crippen LogP contribution is -2.28. The van der Waals surface area contributed by atoms with Gasteiger partial charge >= 0.3 is 0 Å². The average molecular weight is 260 g/mol. The zero-order valence-electron chi connectivity index (χ0n) is 11.4. The third kappa shape index (κ3) is 4.60. The molecule has 3 N–H and O–H groups in total. The van der Waals surface area contributed by atoms with Gasteiger partial charge in [0.25, 0.3) is 0 Å². The highest BCUT2D eigenvalue weighted by molar-refractivity contribution is 6.57. The third-order valence-electron chi connectivity index (χ3n) is 3.56. The Morgan fingerprint density at radius 2 is 1.84 bits per heavy atom. The molecule has 0 atom stereocenters. The van der Waals surface area contributed by atoms with E-state index in [2.05, 4.69) is 10.6 Å². The first-order valence-corrected chi connectivity index (χ1v) is 6.91. The number of nitrogens with one attached hydrogen (secondary N) is 2. The van der Waals surface area contributed by atoms with Crippen LogP contribution >= 0.6 is 0 Å². The summed E-state index contributed by atoms with van der Waals surface area (Å²) < 4.78 is 0. The van der Waals surface area contributed by atoms with Crippen molar-refractivity contribution in [2.24, 2.45) is 0 Å². The molecule has 0 aliphatic heterocycles. The largest absolute Gasteiger partial charge is 0.393 e. The maximum atomic E-state index is 10.8. The van der Waals surface area contributed by atoms with Crippen molar-refractivity contribution < 1.29 is 9.90 Å². The van der Waals surface area contributed by atoms with Gasteiger partial charge in [-0.3, -0.25) is 4.79 Å². The van der Waals surface area contributed by atoms with Gasteiger partial charge in [0.05, 0.1) is 6.10 Å². The molecule has 0 spiro atoms. The summed E-state index contributed by atoms with van der Waals surface area (Å²) in [5, 5.41) is 15.7. The highest BCUT2D eigenvalue weighted by atomic mass is 16.3. The quantitative estimate of drug-likeness (QED) is 0.714. The van der Waals surface area contributed by atoms with Crippen LogP contribution < -0.4 is 10.6 Å². The lowest BCUT2D eigenvalue weighted by molar-refractivity contribution is 0.126. The number of benzene rings is 1. The fourth-order valence-corrected chi connectivity index (χ4v) is 2.40. The van der Waals surface area contributed by atoms with Gasteiger partial charge < -0.3 is 15.7 Å². The van der Waals surface area contributed by atoms with Crippen LogP contribution in [0.25, 0.3) is 0 Å². The summed E-state index contributed by atoms with van der Waals surface area (Å²) in [4.78, 5) is 10.8. The van der Waals surface area contributed by atoms with Gasteiger partial charge in [0.2, 0.25) is 7.85 Å². The van der Waals surface area contributed by atoms with E-state index in [4.69, 9.17) is 0 Å². The molecule has 4 nitrogen and oxygen atoms in total. The van der Waals surface area contributed by atoms with Gasteiger partial charge in [-0.1, -0.05) is 12.1 Å². The fraction of sp³-hybridized carbons (Fsp3) is 0.500. The number of aliphatic hydroxyl groups excluding tert-OH is 1. The molecule has 102 valence electrons. The van der Waals surface area contributed by atoms with E-state index < -0.39 is 0 Å². The van der Waals surface area contributed by atoms with Gasteiger partial charge in [-0.25, -0.2) is 0 Å². The molecular formula is C14H21BN2O2. The summed E-state index contributed by atoms with van der Waals surface area (Å²) in [5.74, 6) is -0.0111. The maximum Gasteiger partial charge on any atom is 0.215 e. The molecule has 1 aliphatic rings. The van der Waals surface area contributed by atoms with Gasteiger partial charge in [0.15, 0.2) is 5.81 Å². The molecular weight excluding hydrogens is 239 g/mol. The van der Waals surface area contributed by atoms with Crippen molar-refractivity contribution in [3.05, 3.63) is 29.8 Å². The Kier molecular flexibility index (Phi) is 4.85. The second-order valence-corrected chi connectivity index (χ2v) is 5.26. The monoisotopic (exact) mass is 260 g/mol. The van der Waals surface area contributed by atoms with Crippen LogP contribution in [0.3, 0.4) is 0 Å². The third-order valence-corrected chi connectivity index (χ3v) is 3.56. The summed E-state index contributed by atoms with van der Waals surface area (Å²) in [6, 6.07) is 8.60. The van der Waals surface area contributed by atoms with E-state index in [1.807, 2.05) is 24.3 Å². The van der Waals surface area contributed by atoms with Gasteiger partial charge in [-0.15, -0.1) is 0 Å². The Morgan fingerprint density at radius 3 is 2.42 bits per heavy atom. The van der Waals surface area contributed by atoms with Crippen LogP contribution in [-0.4, -0.2) is 30.9 Å². The second-order valence-electron chi connectivity index (χ2n) is 5.26. The standard InChI is InChI=1S/C14H21BN2O2/c15-14(19)16-9-10-1-3-11(4-2-10)17-12-5-7-13(18)8-6-12/h1-4,12-13,17-18H,5-9,15H2,(H,16,19)/t12-,13-. The van der Waals surface area contributed by atoms with Crippen LogP contribution in [0, 0.1) is 0 Å². The number of carbonyl (C=O) groups excluding carboxylic acids is 1. The number of aliphatic hydroxyl groups is 1. The molecule has 0 bridgehead atoms. The molecule has 2 rings (SSSR count). The summed E-state index contributed by atoms with van der Waals surface area (Å²) in [7, 11) is 1.52. The summed E-state index contributed by atoms with van der Waals surface area (Å²) in [6.07, 6.45) is 3.71. The molecule has 1 aliphatic carbocycles. The average Bonchev–Trinajstić information content (AvgIpc) is 2.40. The van der Waals surface area contributed by atoms with E-state index in [1.54, 1.807) is 0 Å². The minimum atomic E-state index is -0.113. The Balaban J connectivity index is 1.83. The van der Waals surface area contributed by atoms with E-state index in [1.165, 1.54) is 7.85 Å². The fourth-order valence-electron chi connectivity index (χ4n) is 2.40. The van der Waals surface area contributed by atoms with E-state index in [-0.39, 0.29) is 11.9 Å². The van der Waals surface area contributed by atoms with Crippen LogP contribution in [0.5, 0.6) is 0 Å². The van der Waals surface area contributed by atoms with Crippen molar-refractivity contribution in [2.45, 2.75) is 44.4 Å². The summed E-state index contributed by atoms with van der Waals surface area (Å²) in [5.41, 5.74) is 2.20. The van der Waals surface area contributed by atoms with Gasteiger partial charge in [-0.2, -0.15) is 0 Å². The van der Waals surface area contributed by atoms with Crippen LogP contribution in [-0.2, 0) is 6.54 Å². The molecule has 1 aromatic rings. The summed E-state index contributed by atoms with van der Waals surface area (Å²) >= 11 is 0. The first kappa shape index (κ1) is 13.9. The zero-order chi connectivity index (χ0) is 13.7. The predicted molar refractivity (Wildman–Crippen MR) is 79.1 cm³/mol. The Morgan fingerprint density at radius 1 is 1.21 bits per heavy atom. The molecule has 0 aromatic heterocycles. The van der Waals surface area contributed by atoms with Crippen LogP contribution in [0.15, 0.2) is 24.3 Å². The smallest absolute Gasteiger partial charge is 0.215 e. The van der Waals surface area contributed by atoms with Gasteiger partial charge in [-0.05, 0) is 43.4 Å². The number of hydrogen-bond acceptors (Lipinski definition) is 3. The second kappa shape index (κ2) is 6.61. The lowest BCUT2D eigenvalue weighted by Gasteiger charge is -2.27. The topological polar surface area (TPSA) is 61.4 Å². The number of amides is 1. The summed E-state index contributed by atoms with van der Waals surface area (Å²) in [6.45, 7) is 0.575. The first-order valence-electron chi connectivity index (χ1n) is 6.91. The van der Waals surface area contributed by atoms with Crippen LogP contribution in [0.2, 0.25) is 0 Å². The van der Waals surface area contributed by atoms with Gasteiger partial charge in [0.1, 0.15) is 0 Å². The number of anilines is 1. The number of hydrogen-bond donors (Lipinski definition) is 3. The molecule has 0 saturated heterocycles. The minimum Gasteiger partial charge on any atom is -0.393 e. The molecule has 1 aromatic carbocycles. The number of carbonyl (C=O) groups is 1. The van der Waals surface area contributed by atoms with Crippen molar-refractivity contribution in [2.75, 3.05) is 5.32 Å². The molecule has 5 heteroatoms. The van der Waals surface area contributed by atoms with Gasteiger partial charge in [0, 0.05) is 18.3 Å². The Bertz CT molecular complexity index is 414. The molecule has 1 amide bonds. The van der Waals surface area contributed by atoms with Crippen LogP contribution in [0.4, 0.5) is 10.5 Å². The molecule has 1 saturated carbocycles. The Hall–Kier alpha value is -1.49. The normalized spacial score (nSPS) is 22.8. The lowest BCUT2D eigenvalue weighted by atomic mass is 9.93. The van der Waals surface area contributed by atoms with Crippen molar-refractivity contribution in [1.29, 1.82) is 0 Å². The van der Waals surface area contributed by atoms with E-state index >= 15 is 0 Å². The molecule has 19 heavy (non-hydrogen) atoms. The maximum absolute atomic E-state index is 10.8.